The van der Waals surface area contributed by atoms with Gasteiger partial charge in [-0.15, -0.1) is 0 Å². The number of likely N-dealkylation sites (N-methyl/N-ethyl adjacent to an activating group) is 1. The molecule has 0 bridgehead atoms. The van der Waals surface area contributed by atoms with Gasteiger partial charge in [0.2, 0.25) is 0 Å². The van der Waals surface area contributed by atoms with E-state index in [0.29, 0.717) is 19.2 Å². The molecule has 142 valence electrons. The third-order valence-corrected chi connectivity index (χ3v) is 5.86. The van der Waals surface area contributed by atoms with E-state index in [1.807, 2.05) is 30.3 Å². The molecule has 1 amide bonds. The third-order valence-electron chi connectivity index (χ3n) is 5.86. The molecule has 2 N–H and O–H groups in total. The zero-order chi connectivity index (χ0) is 19.1. The van der Waals surface area contributed by atoms with Crippen LogP contribution in [0.2, 0.25) is 0 Å². The first-order valence-corrected chi connectivity index (χ1v) is 9.67. The molecule has 5 nitrogen and oxygen atoms in total. The Morgan fingerprint density at radius 3 is 2.93 bits per heavy atom. The zero-order valence-corrected chi connectivity index (χ0v) is 15.8. The standard InChI is InChI=1S/C23H23N3O2/c1-26-13-17(23(27)25-28-14-15-6-3-2-4-7-15)10-19-18-8-5-9-20-22(18)16(12-24-20)11-21(19)26/h2-10,12,17,21,24H,11,13-14H2,1H3,(H,25,27). The molecule has 3 aromatic rings. The molecule has 1 aliphatic heterocycles. The molecule has 0 fully saturated rings. The Labute approximate surface area is 164 Å². The molecule has 0 saturated carbocycles. The van der Waals surface area contributed by atoms with Gasteiger partial charge in [-0.05, 0) is 41.8 Å². The topological polar surface area (TPSA) is 57.4 Å². The Hall–Kier alpha value is -2.89. The second-order valence-corrected chi connectivity index (χ2v) is 7.67. The van der Waals surface area contributed by atoms with E-state index in [1.165, 1.54) is 22.1 Å². The van der Waals surface area contributed by atoms with Gasteiger partial charge in [-0.2, -0.15) is 0 Å². The van der Waals surface area contributed by atoms with Crippen LogP contribution in [0.25, 0.3) is 16.5 Å². The van der Waals surface area contributed by atoms with Gasteiger partial charge in [0.25, 0.3) is 5.91 Å². The number of hydrogen-bond donors (Lipinski definition) is 2. The summed E-state index contributed by atoms with van der Waals surface area (Å²) < 4.78 is 0. The lowest BCUT2D eigenvalue weighted by atomic mass is 9.80. The molecule has 0 radical (unpaired) electrons. The maximum absolute atomic E-state index is 12.7. The Morgan fingerprint density at radius 1 is 1.21 bits per heavy atom. The minimum atomic E-state index is -0.234. The van der Waals surface area contributed by atoms with E-state index in [2.05, 4.69) is 52.9 Å². The first kappa shape index (κ1) is 17.2. The van der Waals surface area contributed by atoms with Gasteiger partial charge in [-0.1, -0.05) is 48.5 Å². The van der Waals surface area contributed by atoms with Crippen molar-refractivity contribution in [2.45, 2.75) is 19.1 Å². The number of aromatic amines is 1. The molecule has 1 aromatic heterocycles. The highest BCUT2D eigenvalue weighted by Crippen LogP contribution is 2.40. The summed E-state index contributed by atoms with van der Waals surface area (Å²) in [5, 5.41) is 1.29. The van der Waals surface area contributed by atoms with Crippen LogP contribution in [-0.4, -0.2) is 35.4 Å². The van der Waals surface area contributed by atoms with Crippen LogP contribution >= 0.6 is 0 Å². The van der Waals surface area contributed by atoms with Crippen LogP contribution in [-0.2, 0) is 22.7 Å². The fourth-order valence-corrected chi connectivity index (χ4v) is 4.46. The number of fused-ring (bicyclic) bond motifs is 2. The van der Waals surface area contributed by atoms with Crippen molar-refractivity contribution in [2.24, 2.45) is 5.92 Å². The van der Waals surface area contributed by atoms with Crippen molar-refractivity contribution >= 4 is 22.4 Å². The van der Waals surface area contributed by atoms with E-state index in [-0.39, 0.29) is 11.8 Å². The van der Waals surface area contributed by atoms with Crippen molar-refractivity contribution in [3.63, 3.8) is 0 Å². The maximum atomic E-state index is 12.7. The Kier molecular flexibility index (Phi) is 4.26. The molecule has 2 aromatic carbocycles. The molecular formula is C23H23N3O2. The molecule has 5 rings (SSSR count). The quantitative estimate of drug-likeness (QED) is 0.690. The van der Waals surface area contributed by atoms with Gasteiger partial charge in [0.05, 0.1) is 12.5 Å². The smallest absolute Gasteiger partial charge is 0.251 e. The fraction of sp³-hybridized carbons (Fsp3) is 0.261. The fourth-order valence-electron chi connectivity index (χ4n) is 4.46. The van der Waals surface area contributed by atoms with Crippen LogP contribution in [0.4, 0.5) is 0 Å². The zero-order valence-electron chi connectivity index (χ0n) is 15.8. The van der Waals surface area contributed by atoms with Gasteiger partial charge in [0.15, 0.2) is 0 Å². The van der Waals surface area contributed by atoms with Crippen LogP contribution in [0.1, 0.15) is 16.7 Å². The number of carbonyl (C=O) groups excluding carboxylic acids is 1. The number of amides is 1. The Bertz CT molecular complexity index is 1050. The van der Waals surface area contributed by atoms with E-state index in [4.69, 9.17) is 4.84 Å². The highest BCUT2D eigenvalue weighted by molar-refractivity contribution is 5.99. The monoisotopic (exact) mass is 373 g/mol. The van der Waals surface area contributed by atoms with Crippen LogP contribution in [0.15, 0.2) is 60.8 Å². The van der Waals surface area contributed by atoms with Gasteiger partial charge in [0.1, 0.15) is 0 Å². The number of benzene rings is 2. The van der Waals surface area contributed by atoms with Gasteiger partial charge in [0, 0.05) is 29.7 Å². The van der Waals surface area contributed by atoms with Crippen molar-refractivity contribution in [1.82, 2.24) is 15.4 Å². The average molecular weight is 373 g/mol. The van der Waals surface area contributed by atoms with E-state index < -0.39 is 0 Å². The average Bonchev–Trinajstić information content (AvgIpc) is 3.14. The number of nitrogens with one attached hydrogen (secondary N) is 2. The molecule has 0 spiro atoms. The number of rotatable bonds is 4. The number of H-pyrrole nitrogens is 1. The highest BCUT2D eigenvalue weighted by Gasteiger charge is 2.35. The number of hydrogen-bond acceptors (Lipinski definition) is 3. The lowest BCUT2D eigenvalue weighted by molar-refractivity contribution is -0.138. The molecular weight excluding hydrogens is 350 g/mol. The molecule has 1 aliphatic carbocycles. The molecule has 0 saturated heterocycles. The second kappa shape index (κ2) is 6.93. The summed E-state index contributed by atoms with van der Waals surface area (Å²) in [4.78, 5) is 23.8. The summed E-state index contributed by atoms with van der Waals surface area (Å²) in [5.74, 6) is -0.330. The van der Waals surface area contributed by atoms with Crippen molar-refractivity contribution in [3.05, 3.63) is 77.5 Å². The lowest BCUT2D eigenvalue weighted by Crippen LogP contribution is -2.46. The summed E-state index contributed by atoms with van der Waals surface area (Å²) in [6.07, 6.45) is 5.23. The summed E-state index contributed by atoms with van der Waals surface area (Å²) in [6.45, 7) is 1.05. The van der Waals surface area contributed by atoms with E-state index in [0.717, 1.165) is 17.5 Å². The number of nitrogens with zero attached hydrogens (tertiary/aromatic N) is 1. The van der Waals surface area contributed by atoms with Gasteiger partial charge < -0.3 is 4.98 Å². The van der Waals surface area contributed by atoms with Gasteiger partial charge in [-0.25, -0.2) is 5.48 Å². The first-order valence-electron chi connectivity index (χ1n) is 9.67. The third kappa shape index (κ3) is 2.93. The number of carbonyl (C=O) groups is 1. The van der Waals surface area contributed by atoms with Crippen LogP contribution in [0.3, 0.4) is 0 Å². The van der Waals surface area contributed by atoms with Gasteiger partial charge in [-0.3, -0.25) is 14.5 Å². The van der Waals surface area contributed by atoms with E-state index in [9.17, 15) is 4.79 Å². The summed E-state index contributed by atoms with van der Waals surface area (Å²) >= 11 is 0. The second-order valence-electron chi connectivity index (χ2n) is 7.67. The Balaban J connectivity index is 1.37. The van der Waals surface area contributed by atoms with Crippen LogP contribution in [0, 0.1) is 5.92 Å². The SMILES string of the molecule is CN1CC(C(=O)NOCc2ccccc2)C=C2c3cccc4[nH]cc(c34)CC21. The molecule has 28 heavy (non-hydrogen) atoms. The van der Waals surface area contributed by atoms with Crippen LogP contribution in [0.5, 0.6) is 0 Å². The van der Waals surface area contributed by atoms with Crippen molar-refractivity contribution in [2.75, 3.05) is 13.6 Å². The summed E-state index contributed by atoms with van der Waals surface area (Å²) in [6, 6.07) is 16.5. The Morgan fingerprint density at radius 2 is 2.07 bits per heavy atom. The predicted molar refractivity (Wildman–Crippen MR) is 109 cm³/mol. The molecule has 2 heterocycles. The van der Waals surface area contributed by atoms with E-state index in [1.54, 1.807) is 0 Å². The van der Waals surface area contributed by atoms with E-state index >= 15 is 0 Å². The van der Waals surface area contributed by atoms with Crippen molar-refractivity contribution in [3.8, 4) is 0 Å². The lowest BCUT2D eigenvalue weighted by Gasteiger charge is -2.39. The maximum Gasteiger partial charge on any atom is 0.251 e. The minimum Gasteiger partial charge on any atom is -0.361 e. The first-order chi connectivity index (χ1) is 13.7. The predicted octanol–water partition coefficient (Wildman–Crippen LogP) is 3.29. The molecule has 2 atom stereocenters. The van der Waals surface area contributed by atoms with Crippen molar-refractivity contribution < 1.29 is 9.63 Å². The highest BCUT2D eigenvalue weighted by atomic mass is 16.6. The largest absolute Gasteiger partial charge is 0.361 e. The number of hydroxylamine groups is 1. The minimum absolute atomic E-state index is 0.0965. The summed E-state index contributed by atoms with van der Waals surface area (Å²) in [5.41, 5.74) is 8.66. The van der Waals surface area contributed by atoms with Gasteiger partial charge >= 0.3 is 0 Å². The van der Waals surface area contributed by atoms with Crippen LogP contribution < -0.4 is 5.48 Å². The molecule has 2 aliphatic rings. The summed E-state index contributed by atoms with van der Waals surface area (Å²) in [7, 11) is 2.10. The molecule has 2 unspecified atom stereocenters. The number of aromatic nitrogens is 1. The molecule has 5 heteroatoms. The normalized spacial score (nSPS) is 21.2. The van der Waals surface area contributed by atoms with Crippen molar-refractivity contribution in [1.29, 1.82) is 0 Å².